The summed E-state index contributed by atoms with van der Waals surface area (Å²) in [5.74, 6) is 0.0805. The molecule has 0 spiro atoms. The zero-order chi connectivity index (χ0) is 11.7. The van der Waals surface area contributed by atoms with Crippen LogP contribution in [0, 0.1) is 5.92 Å². The summed E-state index contributed by atoms with van der Waals surface area (Å²) in [4.78, 5) is 12.2. The summed E-state index contributed by atoms with van der Waals surface area (Å²) in [5, 5.41) is 2.28. The molecule has 0 aliphatic heterocycles. The van der Waals surface area contributed by atoms with Crippen LogP contribution in [0.3, 0.4) is 0 Å². The Bertz CT molecular complexity index is 623. The quantitative estimate of drug-likeness (QED) is 0.704. The maximum Gasteiger partial charge on any atom is 0.173 e. The van der Waals surface area contributed by atoms with E-state index in [1.54, 1.807) is 0 Å². The molecular weight excluding hydrogens is 208 g/mol. The number of Topliss-reactive ketones (excluding diaryl/α,β-unsaturated/α-hetero) is 1. The normalized spacial score (nSPS) is 14.6. The Labute approximate surface area is 100 Å². The SMILES string of the molecule is O=C(c1ccc2ccccc2c1)C1C=CC=C1. The van der Waals surface area contributed by atoms with E-state index in [0.717, 1.165) is 10.9 Å². The lowest BCUT2D eigenvalue weighted by Crippen LogP contribution is -2.08. The summed E-state index contributed by atoms with van der Waals surface area (Å²) in [5.41, 5.74) is 0.782. The molecule has 0 saturated carbocycles. The van der Waals surface area contributed by atoms with Gasteiger partial charge in [0.2, 0.25) is 0 Å². The molecule has 0 amide bonds. The zero-order valence-corrected chi connectivity index (χ0v) is 9.34. The lowest BCUT2D eigenvalue weighted by atomic mass is 9.97. The van der Waals surface area contributed by atoms with Gasteiger partial charge in [-0.2, -0.15) is 0 Å². The number of hydrogen-bond donors (Lipinski definition) is 0. The van der Waals surface area contributed by atoms with E-state index in [4.69, 9.17) is 0 Å². The molecule has 0 heterocycles. The summed E-state index contributed by atoms with van der Waals surface area (Å²) in [6.07, 6.45) is 7.70. The minimum Gasteiger partial charge on any atom is -0.293 e. The molecule has 0 aromatic heterocycles. The van der Waals surface area contributed by atoms with Crippen molar-refractivity contribution in [3.8, 4) is 0 Å². The van der Waals surface area contributed by atoms with Crippen molar-refractivity contribution in [3.05, 3.63) is 72.3 Å². The second kappa shape index (κ2) is 4.02. The van der Waals surface area contributed by atoms with Crippen molar-refractivity contribution in [1.82, 2.24) is 0 Å². The minimum absolute atomic E-state index is 0.0869. The summed E-state index contributed by atoms with van der Waals surface area (Å²) in [6.45, 7) is 0. The van der Waals surface area contributed by atoms with Crippen molar-refractivity contribution in [2.45, 2.75) is 0 Å². The number of benzene rings is 2. The average molecular weight is 220 g/mol. The number of rotatable bonds is 2. The molecule has 0 N–H and O–H groups in total. The maximum absolute atomic E-state index is 12.2. The van der Waals surface area contributed by atoms with Crippen LogP contribution in [-0.4, -0.2) is 5.78 Å². The summed E-state index contributed by atoms with van der Waals surface area (Å²) in [7, 11) is 0. The number of hydrogen-bond acceptors (Lipinski definition) is 1. The van der Waals surface area contributed by atoms with E-state index in [-0.39, 0.29) is 11.7 Å². The van der Waals surface area contributed by atoms with Crippen LogP contribution in [0.5, 0.6) is 0 Å². The fourth-order valence-corrected chi connectivity index (χ4v) is 2.14. The molecule has 2 aromatic carbocycles. The average Bonchev–Trinajstić information content (AvgIpc) is 2.91. The largest absolute Gasteiger partial charge is 0.293 e. The predicted molar refractivity (Wildman–Crippen MR) is 70.0 cm³/mol. The number of fused-ring (bicyclic) bond motifs is 1. The van der Waals surface area contributed by atoms with Crippen LogP contribution < -0.4 is 0 Å². The molecule has 1 aliphatic carbocycles. The number of ketones is 1. The van der Waals surface area contributed by atoms with Crippen LogP contribution in [-0.2, 0) is 0 Å². The number of allylic oxidation sites excluding steroid dienone is 4. The third-order valence-electron chi connectivity index (χ3n) is 3.08. The second-order valence-corrected chi connectivity index (χ2v) is 4.22. The first-order valence-corrected chi connectivity index (χ1v) is 5.72. The predicted octanol–water partition coefficient (Wildman–Crippen LogP) is 3.76. The molecule has 0 radical (unpaired) electrons. The van der Waals surface area contributed by atoms with E-state index in [9.17, 15) is 4.79 Å². The van der Waals surface area contributed by atoms with Crippen LogP contribution in [0.4, 0.5) is 0 Å². The first kappa shape index (κ1) is 10.0. The smallest absolute Gasteiger partial charge is 0.173 e. The van der Waals surface area contributed by atoms with E-state index in [1.165, 1.54) is 5.39 Å². The lowest BCUT2D eigenvalue weighted by molar-refractivity contribution is 0.0966. The molecule has 1 nitrogen and oxygen atoms in total. The van der Waals surface area contributed by atoms with Gasteiger partial charge in [0, 0.05) is 5.56 Å². The first-order chi connectivity index (χ1) is 8.34. The highest BCUT2D eigenvalue weighted by atomic mass is 16.1. The Hall–Kier alpha value is -2.15. The van der Waals surface area contributed by atoms with Gasteiger partial charge in [-0.25, -0.2) is 0 Å². The minimum atomic E-state index is -0.0869. The monoisotopic (exact) mass is 220 g/mol. The topological polar surface area (TPSA) is 17.1 Å². The number of carbonyl (C=O) groups is 1. The van der Waals surface area contributed by atoms with Gasteiger partial charge in [0.25, 0.3) is 0 Å². The van der Waals surface area contributed by atoms with Gasteiger partial charge in [0.05, 0.1) is 5.92 Å². The van der Waals surface area contributed by atoms with Gasteiger partial charge in [-0.05, 0) is 16.8 Å². The van der Waals surface area contributed by atoms with Gasteiger partial charge in [0.15, 0.2) is 5.78 Å². The Morgan fingerprint density at radius 3 is 2.35 bits per heavy atom. The summed E-state index contributed by atoms with van der Waals surface area (Å²) in [6, 6.07) is 14.0. The van der Waals surface area contributed by atoms with E-state index in [2.05, 4.69) is 6.07 Å². The molecule has 3 rings (SSSR count). The van der Waals surface area contributed by atoms with Crippen LogP contribution in [0.25, 0.3) is 10.8 Å². The van der Waals surface area contributed by atoms with Gasteiger partial charge < -0.3 is 0 Å². The number of carbonyl (C=O) groups excluding carboxylic acids is 1. The molecule has 0 atom stereocenters. The van der Waals surface area contributed by atoms with Crippen molar-refractivity contribution >= 4 is 16.6 Å². The van der Waals surface area contributed by atoms with Gasteiger partial charge >= 0.3 is 0 Å². The lowest BCUT2D eigenvalue weighted by Gasteiger charge is -2.06. The van der Waals surface area contributed by atoms with Crippen molar-refractivity contribution < 1.29 is 4.79 Å². The van der Waals surface area contributed by atoms with E-state index in [1.807, 2.05) is 60.7 Å². The third kappa shape index (κ3) is 1.80. The highest BCUT2D eigenvalue weighted by Gasteiger charge is 2.16. The van der Waals surface area contributed by atoms with Crippen molar-refractivity contribution in [2.75, 3.05) is 0 Å². The Kier molecular flexibility index (Phi) is 2.37. The molecule has 1 heteroatoms. The standard InChI is InChI=1S/C16H12O/c17-16(13-6-2-3-7-13)15-10-9-12-5-1-4-8-14(12)11-15/h1-11,13H. The van der Waals surface area contributed by atoms with Crippen LogP contribution in [0.2, 0.25) is 0 Å². The van der Waals surface area contributed by atoms with Gasteiger partial charge in [-0.1, -0.05) is 60.7 Å². The molecular formula is C16H12O. The van der Waals surface area contributed by atoms with E-state index < -0.39 is 0 Å². The van der Waals surface area contributed by atoms with Crippen LogP contribution >= 0.6 is 0 Å². The molecule has 0 unspecified atom stereocenters. The Morgan fingerprint density at radius 1 is 0.882 bits per heavy atom. The fourth-order valence-electron chi connectivity index (χ4n) is 2.14. The van der Waals surface area contributed by atoms with Gasteiger partial charge in [-0.3, -0.25) is 4.79 Å². The van der Waals surface area contributed by atoms with E-state index >= 15 is 0 Å². The third-order valence-corrected chi connectivity index (χ3v) is 3.08. The van der Waals surface area contributed by atoms with Crippen molar-refractivity contribution in [3.63, 3.8) is 0 Å². The zero-order valence-electron chi connectivity index (χ0n) is 9.34. The Morgan fingerprint density at radius 2 is 1.59 bits per heavy atom. The Balaban J connectivity index is 2.03. The highest BCUT2D eigenvalue weighted by molar-refractivity contribution is 6.03. The van der Waals surface area contributed by atoms with Gasteiger partial charge in [0.1, 0.15) is 0 Å². The molecule has 0 bridgehead atoms. The first-order valence-electron chi connectivity index (χ1n) is 5.72. The molecule has 82 valence electrons. The fraction of sp³-hybridized carbons (Fsp3) is 0.0625. The highest BCUT2D eigenvalue weighted by Crippen LogP contribution is 2.20. The molecule has 1 aliphatic rings. The molecule has 0 saturated heterocycles. The maximum atomic E-state index is 12.2. The van der Waals surface area contributed by atoms with E-state index in [0.29, 0.717) is 0 Å². The molecule has 0 fully saturated rings. The second-order valence-electron chi connectivity index (χ2n) is 4.22. The summed E-state index contributed by atoms with van der Waals surface area (Å²) < 4.78 is 0. The summed E-state index contributed by atoms with van der Waals surface area (Å²) >= 11 is 0. The van der Waals surface area contributed by atoms with Crippen LogP contribution in [0.1, 0.15) is 10.4 Å². The van der Waals surface area contributed by atoms with Gasteiger partial charge in [-0.15, -0.1) is 0 Å². The molecule has 17 heavy (non-hydrogen) atoms. The van der Waals surface area contributed by atoms with Crippen LogP contribution in [0.15, 0.2) is 66.8 Å². The van der Waals surface area contributed by atoms with Crippen molar-refractivity contribution in [2.24, 2.45) is 5.92 Å². The molecule has 2 aromatic rings. The van der Waals surface area contributed by atoms with Crippen molar-refractivity contribution in [1.29, 1.82) is 0 Å².